The normalized spacial score (nSPS) is 18.8. The van der Waals surface area contributed by atoms with Crippen molar-refractivity contribution in [1.82, 2.24) is 9.88 Å². The third-order valence-corrected chi connectivity index (χ3v) is 4.20. The van der Waals surface area contributed by atoms with E-state index in [0.717, 1.165) is 11.2 Å². The summed E-state index contributed by atoms with van der Waals surface area (Å²) in [5.41, 5.74) is 3.03. The molecule has 4 nitrogen and oxygen atoms in total. The van der Waals surface area contributed by atoms with Gasteiger partial charge in [0.15, 0.2) is 0 Å². The summed E-state index contributed by atoms with van der Waals surface area (Å²) in [5.74, 6) is 0. The summed E-state index contributed by atoms with van der Waals surface area (Å²) in [7, 11) is 4.06. The van der Waals surface area contributed by atoms with E-state index in [2.05, 4.69) is 35.0 Å². The van der Waals surface area contributed by atoms with Crippen LogP contribution in [0.1, 0.15) is 17.3 Å². The Labute approximate surface area is 119 Å². The number of hydrogen-bond donors (Lipinski definition) is 1. The topological polar surface area (TPSA) is 52.0 Å². The van der Waals surface area contributed by atoms with Crippen LogP contribution in [0.25, 0.3) is 10.9 Å². The Morgan fingerprint density at radius 3 is 2.60 bits per heavy atom. The van der Waals surface area contributed by atoms with Gasteiger partial charge in [0, 0.05) is 16.6 Å². The first kappa shape index (κ1) is 13.2. The molecule has 1 fully saturated rings. The molecule has 1 aliphatic rings. The molecule has 1 aliphatic heterocycles. The van der Waals surface area contributed by atoms with Crippen LogP contribution in [0.4, 0.5) is 0 Å². The first-order valence-electron chi connectivity index (χ1n) is 6.82. The van der Waals surface area contributed by atoms with Gasteiger partial charge >= 0.3 is 0 Å². The average molecular weight is 269 g/mol. The number of hydrogen-bond acceptors (Lipinski definition) is 3. The molecule has 4 heteroatoms. The number of aromatic amines is 1. The second-order valence-electron chi connectivity index (χ2n) is 5.84. The molecule has 1 saturated heterocycles. The Balaban J connectivity index is 2.21. The highest BCUT2D eigenvalue weighted by molar-refractivity contribution is 5.85. The molecule has 104 valence electrons. The van der Waals surface area contributed by atoms with E-state index in [0.29, 0.717) is 13.2 Å². The van der Waals surface area contributed by atoms with Crippen molar-refractivity contribution in [3.05, 3.63) is 35.5 Å². The average Bonchev–Trinajstić information content (AvgIpc) is 2.69. The number of para-hydroxylation sites is 1. The van der Waals surface area contributed by atoms with Gasteiger partial charge in [-0.1, -0.05) is 18.2 Å². The standard InChI is InChI=1S/C16H19N3O/c1-11-14(12-6-4-5-7-13(12)18-11)15(19(2)3)16(8-17)9-20-10-16/h4-7,15,18H,9-10H2,1-3H3. The zero-order chi connectivity index (χ0) is 14.3. The lowest BCUT2D eigenvalue weighted by Crippen LogP contribution is -2.50. The molecule has 0 amide bonds. The lowest BCUT2D eigenvalue weighted by molar-refractivity contribution is -0.115. The molecule has 2 aromatic rings. The summed E-state index contributed by atoms with van der Waals surface area (Å²) in [6, 6.07) is 10.8. The molecule has 3 rings (SSSR count). The van der Waals surface area contributed by atoms with Crippen LogP contribution in [0.5, 0.6) is 0 Å². The molecule has 0 saturated carbocycles. The largest absolute Gasteiger partial charge is 0.378 e. The summed E-state index contributed by atoms with van der Waals surface area (Å²) < 4.78 is 5.35. The number of nitrogens with zero attached hydrogens (tertiary/aromatic N) is 2. The third kappa shape index (κ3) is 1.75. The van der Waals surface area contributed by atoms with E-state index < -0.39 is 5.41 Å². The van der Waals surface area contributed by atoms with E-state index in [-0.39, 0.29) is 6.04 Å². The number of nitrogens with one attached hydrogen (secondary N) is 1. The zero-order valence-electron chi connectivity index (χ0n) is 12.1. The van der Waals surface area contributed by atoms with Gasteiger partial charge in [-0.15, -0.1) is 0 Å². The number of benzene rings is 1. The predicted octanol–water partition coefficient (Wildman–Crippen LogP) is 2.62. The number of H-pyrrole nitrogens is 1. The first-order chi connectivity index (χ1) is 9.59. The van der Waals surface area contributed by atoms with Crippen molar-refractivity contribution in [2.75, 3.05) is 27.3 Å². The Bertz CT molecular complexity index is 677. The fourth-order valence-electron chi connectivity index (χ4n) is 3.28. The smallest absolute Gasteiger partial charge is 0.123 e. The summed E-state index contributed by atoms with van der Waals surface area (Å²) in [6.45, 7) is 3.09. The highest BCUT2D eigenvalue weighted by Crippen LogP contribution is 2.46. The van der Waals surface area contributed by atoms with Crippen LogP contribution in [-0.2, 0) is 4.74 Å². The summed E-state index contributed by atoms with van der Waals surface area (Å²) in [5, 5.41) is 10.9. The number of fused-ring (bicyclic) bond motifs is 1. The molecule has 1 aromatic heterocycles. The van der Waals surface area contributed by atoms with Crippen molar-refractivity contribution in [2.45, 2.75) is 13.0 Å². The SMILES string of the molecule is Cc1[nH]c2ccccc2c1C(N(C)C)C1(C#N)COC1. The van der Waals surface area contributed by atoms with Crippen LogP contribution in [0.15, 0.2) is 24.3 Å². The minimum absolute atomic E-state index is 0.0393. The number of rotatable bonds is 3. The zero-order valence-corrected chi connectivity index (χ0v) is 12.1. The van der Waals surface area contributed by atoms with E-state index in [1.165, 1.54) is 10.9 Å². The molecule has 20 heavy (non-hydrogen) atoms. The molecular formula is C16H19N3O. The number of nitriles is 1. The van der Waals surface area contributed by atoms with Gasteiger partial charge in [-0.2, -0.15) is 5.26 Å². The van der Waals surface area contributed by atoms with Crippen LogP contribution < -0.4 is 0 Å². The maximum atomic E-state index is 9.65. The maximum absolute atomic E-state index is 9.65. The van der Waals surface area contributed by atoms with Gasteiger partial charge in [-0.3, -0.25) is 0 Å². The molecule has 1 unspecified atom stereocenters. The lowest BCUT2D eigenvalue weighted by atomic mass is 9.75. The molecule has 2 heterocycles. The Morgan fingerprint density at radius 2 is 2.05 bits per heavy atom. The van der Waals surface area contributed by atoms with E-state index in [1.807, 2.05) is 26.2 Å². The summed E-state index contributed by atoms with van der Waals surface area (Å²) >= 11 is 0. The Morgan fingerprint density at radius 1 is 1.35 bits per heavy atom. The van der Waals surface area contributed by atoms with E-state index in [4.69, 9.17) is 4.74 Å². The predicted molar refractivity (Wildman–Crippen MR) is 78.3 cm³/mol. The molecule has 0 radical (unpaired) electrons. The second kappa shape index (κ2) is 4.62. The Kier molecular flexibility index (Phi) is 3.04. The van der Waals surface area contributed by atoms with Gasteiger partial charge in [0.05, 0.1) is 25.3 Å². The second-order valence-corrected chi connectivity index (χ2v) is 5.84. The van der Waals surface area contributed by atoms with Crippen molar-refractivity contribution in [2.24, 2.45) is 5.41 Å². The highest BCUT2D eigenvalue weighted by Gasteiger charge is 2.49. The number of aromatic nitrogens is 1. The van der Waals surface area contributed by atoms with Crippen LogP contribution in [0.2, 0.25) is 0 Å². The number of aryl methyl sites for hydroxylation is 1. The van der Waals surface area contributed by atoms with Crippen molar-refractivity contribution >= 4 is 10.9 Å². The van der Waals surface area contributed by atoms with Crippen molar-refractivity contribution < 1.29 is 4.74 Å². The molecule has 1 atom stereocenters. The van der Waals surface area contributed by atoms with Crippen molar-refractivity contribution in [1.29, 1.82) is 5.26 Å². The molecule has 0 aliphatic carbocycles. The van der Waals surface area contributed by atoms with E-state index in [1.54, 1.807) is 0 Å². The van der Waals surface area contributed by atoms with E-state index >= 15 is 0 Å². The summed E-state index contributed by atoms with van der Waals surface area (Å²) in [6.07, 6.45) is 0. The molecule has 1 aromatic carbocycles. The fraction of sp³-hybridized carbons (Fsp3) is 0.438. The van der Waals surface area contributed by atoms with Crippen LogP contribution >= 0.6 is 0 Å². The molecule has 0 bridgehead atoms. The maximum Gasteiger partial charge on any atom is 0.123 e. The fourth-order valence-corrected chi connectivity index (χ4v) is 3.28. The van der Waals surface area contributed by atoms with Crippen LogP contribution in [-0.4, -0.2) is 37.2 Å². The number of ether oxygens (including phenoxy) is 1. The molecule has 0 spiro atoms. The quantitative estimate of drug-likeness (QED) is 0.932. The van der Waals surface area contributed by atoms with Gasteiger partial charge in [0.25, 0.3) is 0 Å². The monoisotopic (exact) mass is 269 g/mol. The Hall–Kier alpha value is -1.83. The minimum atomic E-state index is -0.445. The first-order valence-corrected chi connectivity index (χ1v) is 6.82. The minimum Gasteiger partial charge on any atom is -0.378 e. The van der Waals surface area contributed by atoms with Crippen LogP contribution in [0.3, 0.4) is 0 Å². The van der Waals surface area contributed by atoms with Crippen molar-refractivity contribution in [3.63, 3.8) is 0 Å². The van der Waals surface area contributed by atoms with Gasteiger partial charge < -0.3 is 14.6 Å². The van der Waals surface area contributed by atoms with Gasteiger partial charge in [-0.25, -0.2) is 0 Å². The van der Waals surface area contributed by atoms with Crippen LogP contribution in [0, 0.1) is 23.7 Å². The van der Waals surface area contributed by atoms with Gasteiger partial charge in [0.1, 0.15) is 5.41 Å². The molecule has 1 N–H and O–H groups in total. The summed E-state index contributed by atoms with van der Waals surface area (Å²) in [4.78, 5) is 5.56. The van der Waals surface area contributed by atoms with Gasteiger partial charge in [-0.05, 0) is 32.6 Å². The molecular weight excluding hydrogens is 250 g/mol. The highest BCUT2D eigenvalue weighted by atomic mass is 16.5. The van der Waals surface area contributed by atoms with Gasteiger partial charge in [0.2, 0.25) is 0 Å². The van der Waals surface area contributed by atoms with Crippen molar-refractivity contribution in [3.8, 4) is 6.07 Å². The lowest BCUT2D eigenvalue weighted by Gasteiger charge is -2.44. The third-order valence-electron chi connectivity index (χ3n) is 4.20. The van der Waals surface area contributed by atoms with E-state index in [9.17, 15) is 5.26 Å².